The van der Waals surface area contributed by atoms with E-state index < -0.39 is 60.6 Å². The highest BCUT2D eigenvalue weighted by Crippen LogP contribution is 2.61. The number of nitriles is 1. The van der Waals surface area contributed by atoms with Crippen molar-refractivity contribution in [3.63, 3.8) is 0 Å². The van der Waals surface area contributed by atoms with Crippen LogP contribution >= 0.6 is 22.6 Å². The van der Waals surface area contributed by atoms with Crippen molar-refractivity contribution in [2.45, 2.75) is 48.6 Å². The molecule has 0 bridgehead atoms. The smallest absolute Gasteiger partial charge is 0.310 e. The van der Waals surface area contributed by atoms with Crippen molar-refractivity contribution in [2.75, 3.05) is 17.5 Å². The van der Waals surface area contributed by atoms with Crippen LogP contribution < -0.4 is 0 Å². The molecule has 0 amide bonds. The van der Waals surface area contributed by atoms with Gasteiger partial charge in [0.1, 0.15) is 0 Å². The van der Waals surface area contributed by atoms with Crippen LogP contribution in [-0.2, 0) is 0 Å². The molecule has 30 heavy (non-hydrogen) atoms. The maximum atomic E-state index is 14.0. The second kappa shape index (κ2) is 8.23. The minimum atomic E-state index is -7.89. The molecule has 1 aliphatic rings. The first-order valence-electron chi connectivity index (χ1n) is 7.87. The molecule has 2 nitrogen and oxygen atoms in total. The lowest BCUT2D eigenvalue weighted by atomic mass is 9.84. The van der Waals surface area contributed by atoms with Gasteiger partial charge >= 0.3 is 35.8 Å². The van der Waals surface area contributed by atoms with Gasteiger partial charge in [-0.25, -0.2) is 0 Å². The molecule has 0 N–H and O–H groups in total. The Labute approximate surface area is 174 Å². The average Bonchev–Trinajstić information content (AvgIpc) is 2.94. The quantitative estimate of drug-likeness (QED) is 0.153. The summed E-state index contributed by atoms with van der Waals surface area (Å²) < 4.78 is 171. The molecule has 0 saturated carbocycles. The Morgan fingerprint density at radius 1 is 0.733 bits per heavy atom. The van der Waals surface area contributed by atoms with Gasteiger partial charge in [0.05, 0.1) is 0 Å². The van der Waals surface area contributed by atoms with Crippen LogP contribution in [0.3, 0.4) is 0 Å². The zero-order valence-corrected chi connectivity index (χ0v) is 16.5. The SMILES string of the molecule is N#CN1C[C@@H](CCI)[C@H](CC(F)(F)C(F)(F)C(F)(F)C(F)(F)C(F)(F)C(F)(F)F)C1. The van der Waals surface area contributed by atoms with Crippen molar-refractivity contribution in [3.05, 3.63) is 0 Å². The van der Waals surface area contributed by atoms with Gasteiger partial charge in [-0.3, -0.25) is 0 Å². The van der Waals surface area contributed by atoms with E-state index in [2.05, 4.69) is 0 Å². The molecule has 0 spiro atoms. The van der Waals surface area contributed by atoms with Crippen LogP contribution in [0.5, 0.6) is 0 Å². The topological polar surface area (TPSA) is 27.0 Å². The summed E-state index contributed by atoms with van der Waals surface area (Å²) in [6, 6.07) is 0. The minimum absolute atomic E-state index is 0.0454. The van der Waals surface area contributed by atoms with Crippen molar-refractivity contribution in [3.8, 4) is 6.19 Å². The molecule has 0 aromatic heterocycles. The molecule has 1 saturated heterocycles. The third-order valence-corrected chi connectivity index (χ3v) is 5.34. The van der Waals surface area contributed by atoms with E-state index in [1.165, 1.54) is 6.19 Å². The minimum Gasteiger partial charge on any atom is -0.310 e. The first-order valence-corrected chi connectivity index (χ1v) is 9.40. The summed E-state index contributed by atoms with van der Waals surface area (Å²) in [7, 11) is 0. The molecule has 16 heteroatoms. The van der Waals surface area contributed by atoms with Gasteiger partial charge in [0, 0.05) is 19.5 Å². The number of rotatable bonds is 8. The monoisotopic (exact) mass is 582 g/mol. The molecule has 1 aliphatic heterocycles. The van der Waals surface area contributed by atoms with E-state index in [1.54, 1.807) is 22.6 Å². The fourth-order valence-electron chi connectivity index (χ4n) is 2.98. The summed E-state index contributed by atoms with van der Waals surface area (Å²) >= 11 is 1.75. The Bertz CT molecular complexity index is 655. The number of likely N-dealkylation sites (tertiary alicyclic amines) is 1. The van der Waals surface area contributed by atoms with Crippen molar-refractivity contribution < 1.29 is 57.1 Å². The summed E-state index contributed by atoms with van der Waals surface area (Å²) in [5.41, 5.74) is 0. The van der Waals surface area contributed by atoms with Crippen LogP contribution in [0.1, 0.15) is 12.8 Å². The lowest BCUT2D eigenvalue weighted by Gasteiger charge is -2.40. The summed E-state index contributed by atoms with van der Waals surface area (Å²) in [5, 5.41) is 8.76. The van der Waals surface area contributed by atoms with Crippen molar-refractivity contribution >= 4 is 22.6 Å². The fourth-order valence-corrected chi connectivity index (χ4v) is 3.78. The second-order valence-corrected chi connectivity index (χ2v) is 7.79. The lowest BCUT2D eigenvalue weighted by molar-refractivity contribution is -0.440. The van der Waals surface area contributed by atoms with Gasteiger partial charge in [0.2, 0.25) is 0 Å². The summed E-state index contributed by atoms with van der Waals surface area (Å²) in [6.07, 6.45) is -8.11. The number of alkyl halides is 14. The molecular formula is C14H12F13IN2. The summed E-state index contributed by atoms with van der Waals surface area (Å²) in [5.74, 6) is -39.3. The standard InChI is InChI=1S/C14H12F13IN2/c15-9(16,3-8-5-30(6-29)4-7(8)1-2-28)10(17,18)11(19,20)12(21,22)13(23,24)14(25,26)27/h7-8H,1-5H2/t7-,8-/m1/s1. The first kappa shape index (κ1) is 27.1. The van der Waals surface area contributed by atoms with Gasteiger partial charge < -0.3 is 4.90 Å². The molecule has 1 fully saturated rings. The highest BCUT2D eigenvalue weighted by Gasteiger charge is 2.90. The predicted molar refractivity (Wildman–Crippen MR) is 83.1 cm³/mol. The third-order valence-electron chi connectivity index (χ3n) is 4.71. The molecular weight excluding hydrogens is 570 g/mol. The number of hydrogen-bond donors (Lipinski definition) is 0. The number of hydrogen-bond acceptors (Lipinski definition) is 2. The maximum absolute atomic E-state index is 14.0. The molecule has 0 aromatic carbocycles. The van der Waals surface area contributed by atoms with Crippen molar-refractivity contribution in [2.24, 2.45) is 11.8 Å². The van der Waals surface area contributed by atoms with Crippen LogP contribution in [0.2, 0.25) is 0 Å². The van der Waals surface area contributed by atoms with E-state index >= 15 is 0 Å². The number of halogens is 14. The van der Waals surface area contributed by atoms with Gasteiger partial charge in [-0.2, -0.15) is 62.3 Å². The maximum Gasteiger partial charge on any atom is 0.460 e. The molecule has 0 aromatic rings. The Balaban J connectivity index is 3.31. The third kappa shape index (κ3) is 4.23. The van der Waals surface area contributed by atoms with Crippen molar-refractivity contribution in [1.82, 2.24) is 4.90 Å². The molecule has 0 aliphatic carbocycles. The van der Waals surface area contributed by atoms with E-state index in [1.807, 2.05) is 0 Å². The van der Waals surface area contributed by atoms with Crippen LogP contribution in [0, 0.1) is 23.3 Å². The average molecular weight is 582 g/mol. The van der Waals surface area contributed by atoms with Gasteiger partial charge in [0.15, 0.2) is 6.19 Å². The molecule has 2 atom stereocenters. The second-order valence-electron chi connectivity index (χ2n) is 6.71. The van der Waals surface area contributed by atoms with Gasteiger partial charge in [-0.15, -0.1) is 0 Å². The van der Waals surface area contributed by atoms with Crippen LogP contribution in [-0.4, -0.2) is 58.2 Å². The highest BCUT2D eigenvalue weighted by molar-refractivity contribution is 14.1. The molecule has 1 rings (SSSR count). The molecule has 176 valence electrons. The Morgan fingerprint density at radius 2 is 1.17 bits per heavy atom. The summed E-state index contributed by atoms with van der Waals surface area (Å²) in [6.45, 7) is -0.866. The van der Waals surface area contributed by atoms with Gasteiger partial charge in [0.25, 0.3) is 0 Å². The van der Waals surface area contributed by atoms with E-state index in [9.17, 15) is 57.1 Å². The van der Waals surface area contributed by atoms with E-state index in [4.69, 9.17) is 5.26 Å². The normalized spacial score (nSPS) is 22.4. The Kier molecular flexibility index (Phi) is 7.44. The van der Waals surface area contributed by atoms with E-state index in [-0.39, 0.29) is 17.4 Å². The molecule has 1 heterocycles. The van der Waals surface area contributed by atoms with Crippen LogP contribution in [0.25, 0.3) is 0 Å². The molecule has 0 radical (unpaired) electrons. The zero-order chi connectivity index (χ0) is 24.0. The predicted octanol–water partition coefficient (Wildman–Crippen LogP) is 5.97. The van der Waals surface area contributed by atoms with Gasteiger partial charge in [-0.1, -0.05) is 22.6 Å². The number of nitrogens with zero attached hydrogens (tertiary/aromatic N) is 2. The lowest BCUT2D eigenvalue weighted by Crippen LogP contribution is -2.70. The van der Waals surface area contributed by atoms with Crippen LogP contribution in [0.15, 0.2) is 0 Å². The Hall–Kier alpha value is -0.890. The van der Waals surface area contributed by atoms with E-state index in [0.717, 1.165) is 4.90 Å². The Morgan fingerprint density at radius 3 is 1.57 bits per heavy atom. The van der Waals surface area contributed by atoms with Crippen molar-refractivity contribution in [1.29, 1.82) is 5.26 Å². The molecule has 0 unspecified atom stereocenters. The van der Waals surface area contributed by atoms with Crippen LogP contribution in [0.4, 0.5) is 57.1 Å². The highest BCUT2D eigenvalue weighted by atomic mass is 127. The fraction of sp³-hybridized carbons (Fsp3) is 0.929. The first-order chi connectivity index (χ1) is 13.2. The van der Waals surface area contributed by atoms with Gasteiger partial charge in [-0.05, 0) is 22.7 Å². The summed E-state index contributed by atoms with van der Waals surface area (Å²) in [4.78, 5) is 0.820. The zero-order valence-electron chi connectivity index (χ0n) is 14.4. The van der Waals surface area contributed by atoms with E-state index in [0.29, 0.717) is 0 Å². The largest absolute Gasteiger partial charge is 0.460 e.